The first-order chi connectivity index (χ1) is 15.7. The monoisotopic (exact) mass is 456 g/mol. The van der Waals surface area contributed by atoms with Crippen LogP contribution in [0.25, 0.3) is 0 Å². The lowest BCUT2D eigenvalue weighted by Gasteiger charge is -2.21. The van der Waals surface area contributed by atoms with Gasteiger partial charge in [0.25, 0.3) is 0 Å². The molecule has 33 heavy (non-hydrogen) atoms. The summed E-state index contributed by atoms with van der Waals surface area (Å²) >= 11 is 0. The van der Waals surface area contributed by atoms with Gasteiger partial charge in [0.2, 0.25) is 6.10 Å². The summed E-state index contributed by atoms with van der Waals surface area (Å²) in [6.45, 7) is 7.10. The average Bonchev–Trinajstić information content (AvgIpc) is 3.13. The molecule has 1 fully saturated rings. The fraction of sp³-hybridized carbons (Fsp3) is 0.348. The van der Waals surface area contributed by atoms with Crippen molar-refractivity contribution < 1.29 is 43.0 Å². The first-order valence-electron chi connectivity index (χ1n) is 10.5. The molecule has 0 bridgehead atoms. The highest BCUT2D eigenvalue weighted by molar-refractivity contribution is 6.64. The number of ether oxygens (including phenoxy) is 3. The summed E-state index contributed by atoms with van der Waals surface area (Å²) < 4.78 is 27.3. The van der Waals surface area contributed by atoms with E-state index in [1.165, 1.54) is 0 Å². The van der Waals surface area contributed by atoms with Gasteiger partial charge >= 0.3 is 25.0 Å². The average molecular weight is 456 g/mol. The van der Waals surface area contributed by atoms with Gasteiger partial charge in [0, 0.05) is 0 Å². The van der Waals surface area contributed by atoms with E-state index in [9.17, 15) is 19.5 Å². The topological polar surface area (TPSA) is 118 Å². The Kier molecular flexibility index (Phi) is 7.60. The number of hydrogen-bond donors (Lipinski definition) is 1. The Morgan fingerprint density at radius 1 is 0.939 bits per heavy atom. The summed E-state index contributed by atoms with van der Waals surface area (Å²) in [5.41, 5.74) is 0.434. The third kappa shape index (κ3) is 5.84. The number of hydrogen-bond acceptors (Lipinski definition) is 8. The van der Waals surface area contributed by atoms with Crippen LogP contribution in [0.1, 0.15) is 38.1 Å². The Balaban J connectivity index is 1.88. The van der Waals surface area contributed by atoms with Crippen molar-refractivity contribution in [1.29, 1.82) is 0 Å². The number of carboxylic acids is 1. The largest absolute Gasteiger partial charge is 0.565 e. The van der Waals surface area contributed by atoms with Crippen molar-refractivity contribution in [2.24, 2.45) is 0 Å². The molecular formula is C23H25BO9. The Morgan fingerprint density at radius 2 is 1.52 bits per heavy atom. The normalized spacial score (nSPS) is 16.5. The summed E-state index contributed by atoms with van der Waals surface area (Å²) in [6, 6.07) is 13.3. The predicted molar refractivity (Wildman–Crippen MR) is 118 cm³/mol. The molecule has 0 spiro atoms. The number of benzene rings is 2. The first kappa shape index (κ1) is 24.1. The van der Waals surface area contributed by atoms with Gasteiger partial charge in [-0.2, -0.15) is 0 Å². The smallest absolute Gasteiger partial charge is 0.504 e. The molecule has 1 saturated heterocycles. The molecule has 1 heterocycles. The zero-order valence-electron chi connectivity index (χ0n) is 18.7. The van der Waals surface area contributed by atoms with E-state index in [2.05, 4.69) is 0 Å². The van der Waals surface area contributed by atoms with Gasteiger partial charge < -0.3 is 28.6 Å². The molecule has 174 valence electrons. The lowest BCUT2D eigenvalue weighted by atomic mass is 9.79. The van der Waals surface area contributed by atoms with E-state index in [1.807, 2.05) is 0 Å². The number of carboxylic acid groups (broad SMARTS) is 1. The molecule has 0 aromatic heterocycles. The summed E-state index contributed by atoms with van der Waals surface area (Å²) in [6.07, 6.45) is -4.15. The minimum Gasteiger partial charge on any atom is -0.504 e. The second-order valence-corrected chi connectivity index (χ2v) is 7.86. The Hall–Kier alpha value is -3.53. The van der Waals surface area contributed by atoms with Gasteiger partial charge in [-0.1, -0.05) is 36.4 Å². The van der Waals surface area contributed by atoms with Gasteiger partial charge in [-0.05, 0) is 45.3 Å². The molecule has 10 heteroatoms. The molecule has 9 nitrogen and oxygen atoms in total. The van der Waals surface area contributed by atoms with Gasteiger partial charge in [-0.15, -0.1) is 0 Å². The summed E-state index contributed by atoms with van der Waals surface area (Å²) in [7, 11) is -1.11. The molecule has 1 aliphatic rings. The number of rotatable bonds is 9. The van der Waals surface area contributed by atoms with Crippen molar-refractivity contribution in [2.75, 3.05) is 0 Å². The van der Waals surface area contributed by atoms with Gasteiger partial charge in [0.05, 0.1) is 12.2 Å². The highest BCUT2D eigenvalue weighted by Crippen LogP contribution is 2.32. The van der Waals surface area contributed by atoms with Crippen LogP contribution in [0.4, 0.5) is 0 Å². The second kappa shape index (κ2) is 10.4. The molecular weight excluding hydrogens is 431 g/mol. The lowest BCUT2D eigenvalue weighted by molar-refractivity contribution is -0.158. The fourth-order valence-corrected chi connectivity index (χ4v) is 3.17. The van der Waals surface area contributed by atoms with Crippen LogP contribution < -0.4 is 14.9 Å². The summed E-state index contributed by atoms with van der Waals surface area (Å²) in [4.78, 5) is 37.5. The minimum absolute atomic E-state index is 0.0860. The standard InChI is InChI=1S/C23H25BO9/c1-13(2)29-16-11-8-12-17(30-14(3)4)18(16)22(27)31-19(21(25)26)20-23(28)33-24(32-20)15-9-6-5-7-10-15/h5-14,19-20H,1-4H3,(H,25,26)/t19-,20-/m1/s1. The zero-order valence-corrected chi connectivity index (χ0v) is 18.7. The predicted octanol–water partition coefficient (Wildman–Crippen LogP) is 2.21. The maximum absolute atomic E-state index is 13.1. The van der Waals surface area contributed by atoms with Crippen molar-refractivity contribution in [2.45, 2.75) is 52.1 Å². The van der Waals surface area contributed by atoms with E-state index in [0.717, 1.165) is 0 Å². The van der Waals surface area contributed by atoms with E-state index >= 15 is 0 Å². The minimum atomic E-state index is -1.95. The molecule has 0 aliphatic carbocycles. The van der Waals surface area contributed by atoms with Crippen molar-refractivity contribution >= 4 is 30.5 Å². The van der Waals surface area contributed by atoms with Crippen LogP contribution in [-0.4, -0.2) is 54.5 Å². The summed E-state index contributed by atoms with van der Waals surface area (Å²) in [5, 5.41) is 9.71. The Bertz CT molecular complexity index is 978. The van der Waals surface area contributed by atoms with E-state index < -0.39 is 37.2 Å². The number of esters is 1. The van der Waals surface area contributed by atoms with Crippen LogP contribution in [0.15, 0.2) is 48.5 Å². The molecule has 3 rings (SSSR count). The highest BCUT2D eigenvalue weighted by Gasteiger charge is 2.50. The Morgan fingerprint density at radius 3 is 2.03 bits per heavy atom. The molecule has 1 aliphatic heterocycles. The van der Waals surface area contributed by atoms with Gasteiger partial charge in [0.1, 0.15) is 17.1 Å². The molecule has 2 aromatic rings. The van der Waals surface area contributed by atoms with Crippen LogP contribution in [0.5, 0.6) is 11.5 Å². The Labute approximate surface area is 191 Å². The maximum Gasteiger partial charge on any atom is 0.565 e. The lowest BCUT2D eigenvalue weighted by Crippen LogP contribution is -2.43. The molecule has 1 N–H and O–H groups in total. The fourth-order valence-electron chi connectivity index (χ4n) is 3.17. The maximum atomic E-state index is 13.1. The third-order valence-corrected chi connectivity index (χ3v) is 4.47. The first-order valence-corrected chi connectivity index (χ1v) is 10.5. The van der Waals surface area contributed by atoms with Crippen LogP contribution >= 0.6 is 0 Å². The molecule has 0 amide bonds. The van der Waals surface area contributed by atoms with Crippen LogP contribution in [0.2, 0.25) is 0 Å². The zero-order chi connectivity index (χ0) is 24.1. The molecule has 2 aromatic carbocycles. The van der Waals surface area contributed by atoms with Crippen LogP contribution in [-0.2, 0) is 23.6 Å². The van der Waals surface area contributed by atoms with Crippen LogP contribution in [0.3, 0.4) is 0 Å². The number of carbonyl (C=O) groups is 3. The molecule has 0 saturated carbocycles. The summed E-state index contributed by atoms with van der Waals surface area (Å²) in [5.74, 6) is -3.22. The number of carbonyl (C=O) groups excluding carboxylic acids is 2. The van der Waals surface area contributed by atoms with E-state index in [4.69, 9.17) is 23.5 Å². The van der Waals surface area contributed by atoms with E-state index in [-0.39, 0.29) is 29.3 Å². The van der Waals surface area contributed by atoms with E-state index in [1.54, 1.807) is 76.2 Å². The quantitative estimate of drug-likeness (QED) is 0.448. The van der Waals surface area contributed by atoms with Gasteiger partial charge in [-0.25, -0.2) is 9.59 Å². The number of aliphatic carboxylic acids is 1. The van der Waals surface area contributed by atoms with Gasteiger partial charge in [0.15, 0.2) is 6.10 Å². The SMILES string of the molecule is CC(C)Oc1cccc(OC(C)C)c1C(=O)O[C@@H](C(=O)O)[C@H]1OB(c2ccccc2)OC1=O. The second-order valence-electron chi connectivity index (χ2n) is 7.86. The van der Waals surface area contributed by atoms with Crippen molar-refractivity contribution in [3.63, 3.8) is 0 Å². The van der Waals surface area contributed by atoms with Crippen LogP contribution in [0, 0.1) is 0 Å². The molecule has 2 atom stereocenters. The van der Waals surface area contributed by atoms with E-state index in [0.29, 0.717) is 5.46 Å². The molecule has 0 unspecified atom stereocenters. The van der Waals surface area contributed by atoms with Crippen molar-refractivity contribution in [3.8, 4) is 11.5 Å². The van der Waals surface area contributed by atoms with Crippen molar-refractivity contribution in [3.05, 3.63) is 54.1 Å². The highest BCUT2D eigenvalue weighted by atomic mass is 16.7. The third-order valence-electron chi connectivity index (χ3n) is 4.47. The van der Waals surface area contributed by atoms with Gasteiger partial charge in [-0.3, -0.25) is 4.79 Å². The molecule has 0 radical (unpaired) electrons. The van der Waals surface area contributed by atoms with Crippen molar-refractivity contribution in [1.82, 2.24) is 0 Å².